The van der Waals surface area contributed by atoms with Crippen molar-refractivity contribution in [2.75, 3.05) is 0 Å². The van der Waals surface area contributed by atoms with Crippen molar-refractivity contribution in [3.05, 3.63) is 89.0 Å². The number of hydrogen-bond donors (Lipinski definition) is 1. The maximum absolute atomic E-state index is 12.7. The average molecular weight is 390 g/mol. The van der Waals surface area contributed by atoms with Gasteiger partial charge in [-0.25, -0.2) is 9.78 Å². The van der Waals surface area contributed by atoms with E-state index in [-0.39, 0.29) is 12.4 Å². The number of carbonyl (C=O) groups excluding carboxylic acids is 1. The zero-order chi connectivity index (χ0) is 20.8. The van der Waals surface area contributed by atoms with Gasteiger partial charge in [0.25, 0.3) is 0 Å². The van der Waals surface area contributed by atoms with Crippen LogP contribution < -0.4 is 0 Å². The van der Waals surface area contributed by atoms with E-state index in [9.17, 15) is 9.59 Å². The van der Waals surface area contributed by atoms with E-state index in [0.717, 1.165) is 16.7 Å². The fraction of sp³-hybridized carbons (Fsp3) is 0.174. The van der Waals surface area contributed by atoms with E-state index >= 15 is 0 Å². The van der Waals surface area contributed by atoms with Gasteiger partial charge < -0.3 is 14.4 Å². The summed E-state index contributed by atoms with van der Waals surface area (Å²) in [5.74, 6) is -0.779. The molecule has 1 N–H and O–H groups in total. The minimum absolute atomic E-state index is 0.139. The van der Waals surface area contributed by atoms with E-state index in [1.807, 2.05) is 49.4 Å². The minimum atomic E-state index is -0.985. The van der Waals surface area contributed by atoms with Crippen molar-refractivity contribution >= 4 is 24.0 Å². The molecular formula is C23H22N2O4. The van der Waals surface area contributed by atoms with Crippen molar-refractivity contribution in [2.45, 2.75) is 26.6 Å². The summed E-state index contributed by atoms with van der Waals surface area (Å²) < 4.78 is 6.96. The Bertz CT molecular complexity index is 1020. The number of imidazole rings is 1. The second kappa shape index (κ2) is 9.12. The largest absolute Gasteiger partial charge is 0.479 e. The molecule has 0 saturated carbocycles. The van der Waals surface area contributed by atoms with Crippen molar-refractivity contribution in [1.29, 1.82) is 0 Å². The van der Waals surface area contributed by atoms with Gasteiger partial charge in [0, 0.05) is 24.2 Å². The molecule has 0 radical (unpaired) electrons. The van der Waals surface area contributed by atoms with Gasteiger partial charge in [-0.2, -0.15) is 0 Å². The summed E-state index contributed by atoms with van der Waals surface area (Å²) in [6.07, 6.45) is 6.13. The van der Waals surface area contributed by atoms with Crippen molar-refractivity contribution < 1.29 is 19.4 Å². The number of rotatable bonds is 8. The summed E-state index contributed by atoms with van der Waals surface area (Å²) in [6, 6.07) is 15.0. The van der Waals surface area contributed by atoms with Gasteiger partial charge in [-0.05, 0) is 31.1 Å². The van der Waals surface area contributed by atoms with Crippen molar-refractivity contribution in [3.63, 3.8) is 0 Å². The number of ether oxygens (including phenoxy) is 1. The maximum Gasteiger partial charge on any atom is 0.332 e. The van der Waals surface area contributed by atoms with Gasteiger partial charge in [-0.1, -0.05) is 54.1 Å². The Morgan fingerprint density at radius 3 is 2.48 bits per heavy atom. The Labute approximate surface area is 169 Å². The molecule has 0 aliphatic carbocycles. The topological polar surface area (TPSA) is 81.4 Å². The van der Waals surface area contributed by atoms with Crippen LogP contribution in [0.4, 0.5) is 0 Å². The van der Waals surface area contributed by atoms with Crippen LogP contribution in [0.15, 0.2) is 60.9 Å². The van der Waals surface area contributed by atoms with Crippen LogP contribution >= 0.6 is 0 Å². The summed E-state index contributed by atoms with van der Waals surface area (Å²) in [4.78, 5) is 27.7. The normalized spacial score (nSPS) is 12.2. The van der Waals surface area contributed by atoms with Gasteiger partial charge in [-0.3, -0.25) is 4.79 Å². The monoisotopic (exact) mass is 390 g/mol. The average Bonchev–Trinajstić information content (AvgIpc) is 3.19. The molecule has 1 heterocycles. The molecule has 0 spiro atoms. The number of carboxylic acids is 1. The standard InChI is InChI=1S/C23H22N2O4/c1-16-3-9-20(10-4-16)21(26)22-24-12-14-25(22)13-11-18-5-7-19(8-6-18)15-29-17(2)23(27)28/h3-14,17H,15H2,1-2H3,(H,27,28)/b13-11+/t17-/m1/s1. The molecule has 0 aliphatic heterocycles. The van der Waals surface area contributed by atoms with Crippen molar-refractivity contribution in [1.82, 2.24) is 9.55 Å². The number of nitrogens with zero attached hydrogens (tertiary/aromatic N) is 2. The Kier molecular flexibility index (Phi) is 6.36. The first-order valence-corrected chi connectivity index (χ1v) is 9.20. The molecule has 3 rings (SSSR count). The molecule has 0 unspecified atom stereocenters. The Balaban J connectivity index is 1.68. The molecule has 1 aromatic heterocycles. The fourth-order valence-corrected chi connectivity index (χ4v) is 2.63. The molecule has 6 nitrogen and oxygen atoms in total. The van der Waals surface area contributed by atoms with E-state index in [4.69, 9.17) is 9.84 Å². The van der Waals surface area contributed by atoms with Crippen LogP contribution in [0.5, 0.6) is 0 Å². The number of aryl methyl sites for hydroxylation is 1. The lowest BCUT2D eigenvalue weighted by Crippen LogP contribution is -2.19. The number of hydrogen-bond acceptors (Lipinski definition) is 4. The van der Waals surface area contributed by atoms with Crippen LogP contribution in [-0.4, -0.2) is 32.5 Å². The molecule has 148 valence electrons. The van der Waals surface area contributed by atoms with Crippen molar-refractivity contribution in [2.24, 2.45) is 0 Å². The second-order valence-corrected chi connectivity index (χ2v) is 6.70. The third kappa shape index (κ3) is 5.27. The summed E-state index contributed by atoms with van der Waals surface area (Å²) in [6.45, 7) is 3.70. The first-order valence-electron chi connectivity index (χ1n) is 9.20. The summed E-state index contributed by atoms with van der Waals surface area (Å²) in [7, 11) is 0. The fourth-order valence-electron chi connectivity index (χ4n) is 2.63. The second-order valence-electron chi connectivity index (χ2n) is 6.70. The summed E-state index contributed by atoms with van der Waals surface area (Å²) >= 11 is 0. The number of aromatic nitrogens is 2. The zero-order valence-corrected chi connectivity index (χ0v) is 16.3. The smallest absolute Gasteiger partial charge is 0.332 e. The van der Waals surface area contributed by atoms with E-state index < -0.39 is 12.1 Å². The van der Waals surface area contributed by atoms with E-state index in [2.05, 4.69) is 4.98 Å². The molecule has 6 heteroatoms. The SMILES string of the molecule is Cc1ccc(C(=O)c2nccn2/C=C/c2ccc(CO[C@H](C)C(=O)O)cc2)cc1. The van der Waals surface area contributed by atoms with Gasteiger partial charge in [0.2, 0.25) is 5.78 Å². The summed E-state index contributed by atoms with van der Waals surface area (Å²) in [5.41, 5.74) is 3.50. The lowest BCUT2D eigenvalue weighted by atomic mass is 10.1. The quantitative estimate of drug-likeness (QED) is 0.587. The highest BCUT2D eigenvalue weighted by Gasteiger charge is 2.14. The number of carbonyl (C=O) groups is 2. The maximum atomic E-state index is 12.7. The predicted molar refractivity (Wildman–Crippen MR) is 110 cm³/mol. The lowest BCUT2D eigenvalue weighted by molar-refractivity contribution is -0.149. The number of carboxylic acid groups (broad SMARTS) is 1. The Morgan fingerprint density at radius 2 is 1.83 bits per heavy atom. The molecule has 0 saturated heterocycles. The predicted octanol–water partition coefficient (Wildman–Crippen LogP) is 4.04. The first-order chi connectivity index (χ1) is 13.9. The Morgan fingerprint density at radius 1 is 1.14 bits per heavy atom. The molecule has 0 amide bonds. The molecular weight excluding hydrogens is 368 g/mol. The van der Waals surface area contributed by atoms with Crippen LogP contribution in [0.1, 0.15) is 39.8 Å². The van der Waals surface area contributed by atoms with E-state index in [1.165, 1.54) is 6.92 Å². The molecule has 29 heavy (non-hydrogen) atoms. The Hall–Kier alpha value is -3.51. The van der Waals surface area contributed by atoms with Crippen LogP contribution in [0.2, 0.25) is 0 Å². The van der Waals surface area contributed by atoms with Crippen LogP contribution in [0, 0.1) is 6.92 Å². The number of aliphatic carboxylic acids is 1. The van der Waals surface area contributed by atoms with Crippen LogP contribution in [0.3, 0.4) is 0 Å². The van der Waals surface area contributed by atoms with Gasteiger partial charge in [-0.15, -0.1) is 0 Å². The highest BCUT2D eigenvalue weighted by atomic mass is 16.5. The third-order valence-corrected chi connectivity index (χ3v) is 4.44. The molecule has 0 aliphatic rings. The molecule has 2 aromatic carbocycles. The van der Waals surface area contributed by atoms with Crippen LogP contribution in [0.25, 0.3) is 12.3 Å². The minimum Gasteiger partial charge on any atom is -0.479 e. The molecule has 0 fully saturated rings. The van der Waals surface area contributed by atoms with Gasteiger partial charge in [0.15, 0.2) is 11.9 Å². The van der Waals surface area contributed by atoms with Crippen molar-refractivity contribution in [3.8, 4) is 0 Å². The third-order valence-electron chi connectivity index (χ3n) is 4.44. The highest BCUT2D eigenvalue weighted by Crippen LogP contribution is 2.13. The first kappa shape index (κ1) is 20.2. The van der Waals surface area contributed by atoms with Gasteiger partial charge >= 0.3 is 5.97 Å². The molecule has 0 bridgehead atoms. The van der Waals surface area contributed by atoms with Gasteiger partial charge in [0.05, 0.1) is 6.61 Å². The highest BCUT2D eigenvalue weighted by molar-refractivity contribution is 6.07. The lowest BCUT2D eigenvalue weighted by Gasteiger charge is -2.08. The zero-order valence-electron chi connectivity index (χ0n) is 16.3. The van der Waals surface area contributed by atoms with Crippen LogP contribution in [-0.2, 0) is 16.1 Å². The van der Waals surface area contributed by atoms with Gasteiger partial charge in [0.1, 0.15) is 0 Å². The van der Waals surface area contributed by atoms with E-state index in [1.54, 1.807) is 35.3 Å². The molecule has 3 aromatic rings. The van der Waals surface area contributed by atoms with E-state index in [0.29, 0.717) is 11.4 Å². The number of ketones is 1. The molecule has 1 atom stereocenters. The summed E-state index contributed by atoms with van der Waals surface area (Å²) in [5, 5.41) is 8.85. The number of benzene rings is 2.